The summed E-state index contributed by atoms with van der Waals surface area (Å²) in [6.45, 7) is 6.69. The summed E-state index contributed by atoms with van der Waals surface area (Å²) in [4.78, 5) is 39.0. The van der Waals surface area contributed by atoms with Gasteiger partial charge in [0.2, 0.25) is 11.7 Å². The molecule has 0 aliphatic carbocycles. The molecule has 0 unspecified atom stereocenters. The molecule has 27 heavy (non-hydrogen) atoms. The zero-order valence-electron chi connectivity index (χ0n) is 15.9. The molecule has 2 saturated heterocycles. The molecule has 3 rings (SSSR count). The molecule has 2 heterocycles. The molecular weight excluding hydrogens is 351 g/mol. The number of ketones is 1. The molecule has 0 spiro atoms. The second-order valence-electron chi connectivity index (χ2n) is 7.99. The summed E-state index contributed by atoms with van der Waals surface area (Å²) in [5, 5.41) is 2.78. The molecule has 1 aromatic carbocycles. The van der Waals surface area contributed by atoms with Crippen molar-refractivity contribution in [1.29, 1.82) is 0 Å². The molecule has 2 atom stereocenters. The van der Waals surface area contributed by atoms with Crippen molar-refractivity contribution in [2.45, 2.75) is 39.7 Å². The van der Waals surface area contributed by atoms with Crippen LogP contribution in [0, 0.1) is 24.1 Å². The number of Topliss-reactive ketones (excluding diaryl/α,β-unsaturated/α-hetero) is 1. The third kappa shape index (κ3) is 4.03. The Labute approximate surface area is 158 Å². The maximum absolute atomic E-state index is 13.4. The van der Waals surface area contributed by atoms with E-state index in [-0.39, 0.29) is 29.6 Å². The van der Waals surface area contributed by atoms with Crippen molar-refractivity contribution in [3.05, 3.63) is 29.6 Å². The third-order valence-corrected chi connectivity index (χ3v) is 5.50. The quantitative estimate of drug-likeness (QED) is 0.800. The second-order valence-corrected chi connectivity index (χ2v) is 7.99. The van der Waals surface area contributed by atoms with E-state index in [0.717, 1.165) is 0 Å². The van der Waals surface area contributed by atoms with Crippen molar-refractivity contribution in [2.24, 2.45) is 11.3 Å². The number of anilines is 1. The van der Waals surface area contributed by atoms with E-state index in [4.69, 9.17) is 4.74 Å². The number of ether oxygens (including phenoxy) is 1. The Morgan fingerprint density at radius 2 is 2.04 bits per heavy atom. The van der Waals surface area contributed by atoms with Gasteiger partial charge in [-0.25, -0.2) is 4.39 Å². The molecule has 1 aromatic rings. The number of benzene rings is 1. The van der Waals surface area contributed by atoms with Crippen LogP contribution >= 0.6 is 0 Å². The van der Waals surface area contributed by atoms with Crippen LogP contribution in [0.5, 0.6) is 0 Å². The zero-order valence-corrected chi connectivity index (χ0v) is 15.9. The van der Waals surface area contributed by atoms with Gasteiger partial charge < -0.3 is 15.0 Å². The van der Waals surface area contributed by atoms with Gasteiger partial charge in [-0.05, 0) is 44.0 Å². The molecule has 2 amide bonds. The second kappa shape index (κ2) is 7.38. The van der Waals surface area contributed by atoms with Gasteiger partial charge in [0, 0.05) is 30.1 Å². The average molecular weight is 376 g/mol. The van der Waals surface area contributed by atoms with E-state index in [2.05, 4.69) is 5.32 Å². The van der Waals surface area contributed by atoms with Crippen molar-refractivity contribution in [3.63, 3.8) is 0 Å². The van der Waals surface area contributed by atoms with E-state index in [9.17, 15) is 18.8 Å². The summed E-state index contributed by atoms with van der Waals surface area (Å²) in [6, 6.07) is 4.02. The van der Waals surface area contributed by atoms with E-state index in [1.807, 2.05) is 6.92 Å². The van der Waals surface area contributed by atoms with Gasteiger partial charge in [-0.1, -0.05) is 6.92 Å². The lowest BCUT2D eigenvalue weighted by Crippen LogP contribution is -2.47. The molecule has 2 aliphatic heterocycles. The number of carbonyl (C=O) groups excluding carboxylic acids is 3. The standard InChI is InChI=1S/C20H25FN2O4/c1-12-8-14(4-5-16(12)21)22-18(25)15-6-7-23(13(15)2)19(26)17(24)9-20(3)10-27-11-20/h4-5,8,13,15H,6-7,9-11H2,1-3H3,(H,22,25)/t13-,15-/m0/s1. The normalized spacial score (nSPS) is 23.6. The molecule has 0 radical (unpaired) electrons. The van der Waals surface area contributed by atoms with Crippen LogP contribution in [-0.2, 0) is 19.1 Å². The van der Waals surface area contributed by atoms with Crippen molar-refractivity contribution in [3.8, 4) is 0 Å². The van der Waals surface area contributed by atoms with Crippen molar-refractivity contribution in [2.75, 3.05) is 25.1 Å². The summed E-state index contributed by atoms with van der Waals surface area (Å²) >= 11 is 0. The van der Waals surface area contributed by atoms with Gasteiger partial charge in [-0.3, -0.25) is 14.4 Å². The summed E-state index contributed by atoms with van der Waals surface area (Å²) in [5.74, 6) is -1.92. The minimum Gasteiger partial charge on any atom is -0.380 e. The first-order valence-corrected chi connectivity index (χ1v) is 9.19. The van der Waals surface area contributed by atoms with E-state index in [0.29, 0.717) is 37.4 Å². The first-order chi connectivity index (χ1) is 12.7. The van der Waals surface area contributed by atoms with Crippen LogP contribution in [0.1, 0.15) is 32.3 Å². The van der Waals surface area contributed by atoms with Gasteiger partial charge in [-0.15, -0.1) is 0 Å². The number of likely N-dealkylation sites (tertiary alicyclic amines) is 1. The van der Waals surface area contributed by atoms with E-state index < -0.39 is 17.6 Å². The zero-order chi connectivity index (χ0) is 19.8. The molecule has 146 valence electrons. The molecular formula is C20H25FN2O4. The molecule has 0 saturated carbocycles. The molecule has 7 heteroatoms. The van der Waals surface area contributed by atoms with Crippen LogP contribution in [0.15, 0.2) is 18.2 Å². The van der Waals surface area contributed by atoms with E-state index in [1.54, 1.807) is 19.9 Å². The first kappa shape index (κ1) is 19.5. The Morgan fingerprint density at radius 3 is 2.63 bits per heavy atom. The average Bonchev–Trinajstić information content (AvgIpc) is 2.97. The lowest BCUT2D eigenvalue weighted by Gasteiger charge is -2.37. The first-order valence-electron chi connectivity index (χ1n) is 9.19. The van der Waals surface area contributed by atoms with Gasteiger partial charge in [0.15, 0.2) is 0 Å². The number of hydrogen-bond donors (Lipinski definition) is 1. The minimum absolute atomic E-state index is 0.167. The smallest absolute Gasteiger partial charge is 0.290 e. The van der Waals surface area contributed by atoms with Crippen LogP contribution in [0.25, 0.3) is 0 Å². The highest BCUT2D eigenvalue weighted by molar-refractivity contribution is 6.36. The fourth-order valence-corrected chi connectivity index (χ4v) is 3.71. The number of aryl methyl sites for hydroxylation is 1. The number of rotatable bonds is 5. The number of nitrogens with zero attached hydrogens (tertiary/aromatic N) is 1. The predicted octanol–water partition coefficient (Wildman–Crippen LogP) is 2.31. The molecule has 6 nitrogen and oxygen atoms in total. The number of carbonyl (C=O) groups is 3. The Kier molecular flexibility index (Phi) is 5.33. The van der Waals surface area contributed by atoms with E-state index >= 15 is 0 Å². The van der Waals surface area contributed by atoms with Crippen LogP contribution in [-0.4, -0.2) is 48.3 Å². The lowest BCUT2D eigenvalue weighted by atomic mass is 9.83. The lowest BCUT2D eigenvalue weighted by molar-refractivity contribution is -0.153. The molecule has 0 bridgehead atoms. The van der Waals surface area contributed by atoms with Crippen molar-refractivity contribution < 1.29 is 23.5 Å². The largest absolute Gasteiger partial charge is 0.380 e. The van der Waals surface area contributed by atoms with E-state index in [1.165, 1.54) is 17.0 Å². The van der Waals surface area contributed by atoms with Crippen LogP contribution in [0.2, 0.25) is 0 Å². The van der Waals surface area contributed by atoms with Crippen LogP contribution in [0.3, 0.4) is 0 Å². The van der Waals surface area contributed by atoms with Crippen LogP contribution in [0.4, 0.5) is 10.1 Å². The van der Waals surface area contributed by atoms with Gasteiger partial charge in [0.05, 0.1) is 19.1 Å². The van der Waals surface area contributed by atoms with Gasteiger partial charge in [-0.2, -0.15) is 0 Å². The highest BCUT2D eigenvalue weighted by Gasteiger charge is 2.43. The maximum Gasteiger partial charge on any atom is 0.290 e. The Bertz CT molecular complexity index is 775. The Morgan fingerprint density at radius 1 is 1.33 bits per heavy atom. The maximum atomic E-state index is 13.4. The van der Waals surface area contributed by atoms with Gasteiger partial charge in [0.25, 0.3) is 5.91 Å². The monoisotopic (exact) mass is 376 g/mol. The summed E-state index contributed by atoms with van der Waals surface area (Å²) in [5.41, 5.74) is 0.709. The van der Waals surface area contributed by atoms with Crippen molar-refractivity contribution in [1.82, 2.24) is 4.90 Å². The van der Waals surface area contributed by atoms with Gasteiger partial charge in [0.1, 0.15) is 5.82 Å². The topological polar surface area (TPSA) is 75.7 Å². The molecule has 2 fully saturated rings. The minimum atomic E-state index is -0.524. The molecule has 0 aromatic heterocycles. The number of halogens is 1. The third-order valence-electron chi connectivity index (χ3n) is 5.50. The summed E-state index contributed by atoms with van der Waals surface area (Å²) in [7, 11) is 0. The molecule has 1 N–H and O–H groups in total. The SMILES string of the molecule is Cc1cc(NC(=O)[C@H]2CCN(C(=O)C(=O)CC3(C)COC3)[C@H]2C)ccc1F. The fourth-order valence-electron chi connectivity index (χ4n) is 3.71. The Hall–Kier alpha value is -2.28. The highest BCUT2D eigenvalue weighted by Crippen LogP contribution is 2.32. The highest BCUT2D eigenvalue weighted by atomic mass is 19.1. The fraction of sp³-hybridized carbons (Fsp3) is 0.550. The van der Waals surface area contributed by atoms with Crippen molar-refractivity contribution >= 4 is 23.3 Å². The molecule has 2 aliphatic rings. The van der Waals surface area contributed by atoms with Crippen LogP contribution < -0.4 is 5.32 Å². The number of amides is 2. The Balaban J connectivity index is 1.60. The predicted molar refractivity (Wildman–Crippen MR) is 97.6 cm³/mol. The number of hydrogen-bond acceptors (Lipinski definition) is 4. The summed E-state index contributed by atoms with van der Waals surface area (Å²) in [6.07, 6.45) is 0.660. The van der Waals surface area contributed by atoms with Gasteiger partial charge >= 0.3 is 0 Å². The number of nitrogens with one attached hydrogen (secondary N) is 1. The summed E-state index contributed by atoms with van der Waals surface area (Å²) < 4.78 is 18.5.